The Labute approximate surface area is 225 Å². The van der Waals surface area contributed by atoms with E-state index in [4.69, 9.17) is 0 Å². The van der Waals surface area contributed by atoms with Crippen LogP contribution in [-0.2, 0) is 11.8 Å². The van der Waals surface area contributed by atoms with Gasteiger partial charge in [-0.2, -0.15) is 0 Å². The maximum absolute atomic E-state index is 2.45. The number of rotatable bonds is 7. The average molecular weight is 487 g/mol. The molecule has 182 valence electrons. The molecule has 6 aromatic rings. The van der Waals surface area contributed by atoms with Crippen molar-refractivity contribution in [2.75, 3.05) is 0 Å². The highest BCUT2D eigenvalue weighted by molar-refractivity contribution is 5.75. The third kappa shape index (κ3) is 4.46. The molecule has 0 aliphatic carbocycles. The van der Waals surface area contributed by atoms with Crippen molar-refractivity contribution in [2.45, 2.75) is 11.8 Å². The Kier molecular flexibility index (Phi) is 6.70. The summed E-state index contributed by atoms with van der Waals surface area (Å²) in [5, 5.41) is 0. The van der Waals surface area contributed by atoms with Gasteiger partial charge in [0.15, 0.2) is 0 Å². The van der Waals surface area contributed by atoms with Crippen LogP contribution in [0.1, 0.15) is 33.4 Å². The molecule has 0 nitrogen and oxygen atoms in total. The second kappa shape index (κ2) is 10.7. The van der Waals surface area contributed by atoms with Crippen LogP contribution in [-0.4, -0.2) is 0 Å². The van der Waals surface area contributed by atoms with Crippen LogP contribution in [0.25, 0.3) is 11.1 Å². The van der Waals surface area contributed by atoms with Gasteiger partial charge in [-0.1, -0.05) is 170 Å². The standard InChI is InChI=1S/C38H30/c1-6-16-30(17-7-1)28-31-26-27-36(32-18-8-2-9-19-32)37(29-31)38(33-20-10-3-11-21-33,34-22-12-4-13-23-34)35-24-14-5-15-25-35/h1-27,29H,28H2. The zero-order valence-corrected chi connectivity index (χ0v) is 21.4. The van der Waals surface area contributed by atoms with Gasteiger partial charge in [0.05, 0.1) is 5.41 Å². The smallest absolute Gasteiger partial charge is 0.0622 e. The Morgan fingerprint density at radius 1 is 0.368 bits per heavy atom. The molecule has 0 aliphatic rings. The van der Waals surface area contributed by atoms with Crippen LogP contribution in [0.5, 0.6) is 0 Å². The Morgan fingerprint density at radius 3 is 1.26 bits per heavy atom. The van der Waals surface area contributed by atoms with Crippen LogP contribution in [0.15, 0.2) is 170 Å². The van der Waals surface area contributed by atoms with Crippen molar-refractivity contribution < 1.29 is 0 Å². The molecular formula is C38H30. The molecule has 6 aromatic carbocycles. The average Bonchev–Trinajstić information content (AvgIpc) is 3.00. The molecule has 0 bridgehead atoms. The van der Waals surface area contributed by atoms with Gasteiger partial charge in [-0.15, -0.1) is 0 Å². The van der Waals surface area contributed by atoms with Crippen LogP contribution in [0, 0.1) is 0 Å². The summed E-state index contributed by atoms with van der Waals surface area (Å²) in [6, 6.07) is 61.5. The van der Waals surface area contributed by atoms with Crippen molar-refractivity contribution in [3.8, 4) is 11.1 Å². The summed E-state index contributed by atoms with van der Waals surface area (Å²) >= 11 is 0. The monoisotopic (exact) mass is 486 g/mol. The summed E-state index contributed by atoms with van der Waals surface area (Å²) in [6.07, 6.45) is 0.886. The van der Waals surface area contributed by atoms with Crippen molar-refractivity contribution in [2.24, 2.45) is 0 Å². The highest BCUT2D eigenvalue weighted by Crippen LogP contribution is 2.48. The normalized spacial score (nSPS) is 11.3. The summed E-state index contributed by atoms with van der Waals surface area (Å²) in [4.78, 5) is 0. The highest BCUT2D eigenvalue weighted by Gasteiger charge is 2.40. The van der Waals surface area contributed by atoms with E-state index in [9.17, 15) is 0 Å². The fraction of sp³-hybridized carbons (Fsp3) is 0.0526. The molecule has 0 heterocycles. The molecule has 0 saturated heterocycles. The van der Waals surface area contributed by atoms with Crippen molar-refractivity contribution in [1.29, 1.82) is 0 Å². The summed E-state index contributed by atoms with van der Waals surface area (Å²) in [5.41, 5.74) is 9.65. The Hall–Kier alpha value is -4.68. The molecule has 0 amide bonds. The molecule has 0 N–H and O–H groups in total. The fourth-order valence-electron chi connectivity index (χ4n) is 5.74. The third-order valence-corrected chi connectivity index (χ3v) is 7.44. The lowest BCUT2D eigenvalue weighted by atomic mass is 9.63. The number of hydrogen-bond acceptors (Lipinski definition) is 0. The molecule has 0 radical (unpaired) electrons. The first kappa shape index (κ1) is 23.7. The Bertz CT molecular complexity index is 1490. The summed E-state index contributed by atoms with van der Waals surface area (Å²) in [7, 11) is 0. The molecule has 0 saturated carbocycles. The van der Waals surface area contributed by atoms with Gasteiger partial charge in [0, 0.05) is 0 Å². The summed E-state index contributed by atoms with van der Waals surface area (Å²) in [5.74, 6) is 0. The minimum Gasteiger partial charge on any atom is -0.0622 e. The second-order valence-corrected chi connectivity index (χ2v) is 9.76. The topological polar surface area (TPSA) is 0 Å². The molecule has 6 rings (SSSR count). The van der Waals surface area contributed by atoms with Crippen LogP contribution >= 0.6 is 0 Å². The van der Waals surface area contributed by atoms with Gasteiger partial charge in [-0.05, 0) is 50.9 Å². The SMILES string of the molecule is c1ccc(Cc2ccc(-c3ccccc3)c(C(c3ccccc3)(c3ccccc3)c3ccccc3)c2)cc1. The van der Waals surface area contributed by atoms with E-state index in [0.29, 0.717) is 0 Å². The summed E-state index contributed by atoms with van der Waals surface area (Å²) < 4.78 is 0. The molecule has 0 aromatic heterocycles. The quantitative estimate of drug-likeness (QED) is 0.197. The first-order chi connectivity index (χ1) is 18.9. The van der Waals surface area contributed by atoms with Gasteiger partial charge >= 0.3 is 0 Å². The van der Waals surface area contributed by atoms with E-state index in [2.05, 4.69) is 170 Å². The van der Waals surface area contributed by atoms with E-state index in [1.807, 2.05) is 0 Å². The molecule has 0 atom stereocenters. The lowest BCUT2D eigenvalue weighted by Gasteiger charge is -2.38. The first-order valence-corrected chi connectivity index (χ1v) is 13.2. The molecule has 0 heteroatoms. The Balaban J connectivity index is 1.72. The largest absolute Gasteiger partial charge is 0.0707 e. The molecule has 0 unspecified atom stereocenters. The van der Waals surface area contributed by atoms with E-state index >= 15 is 0 Å². The Morgan fingerprint density at radius 2 is 0.789 bits per heavy atom. The van der Waals surface area contributed by atoms with Gasteiger partial charge < -0.3 is 0 Å². The van der Waals surface area contributed by atoms with Gasteiger partial charge in [-0.25, -0.2) is 0 Å². The lowest BCUT2D eigenvalue weighted by molar-refractivity contribution is 0.745. The molecular weight excluding hydrogens is 456 g/mol. The predicted molar refractivity (Wildman–Crippen MR) is 159 cm³/mol. The molecule has 0 aliphatic heterocycles. The van der Waals surface area contributed by atoms with Gasteiger partial charge in [0.25, 0.3) is 0 Å². The first-order valence-electron chi connectivity index (χ1n) is 13.2. The third-order valence-electron chi connectivity index (χ3n) is 7.44. The van der Waals surface area contributed by atoms with E-state index in [0.717, 1.165) is 6.42 Å². The number of hydrogen-bond donors (Lipinski definition) is 0. The van der Waals surface area contributed by atoms with Crippen LogP contribution < -0.4 is 0 Å². The maximum Gasteiger partial charge on any atom is 0.0707 e. The van der Waals surface area contributed by atoms with Crippen molar-refractivity contribution >= 4 is 0 Å². The van der Waals surface area contributed by atoms with Gasteiger partial charge in [0.1, 0.15) is 0 Å². The minimum absolute atomic E-state index is 0.498. The van der Waals surface area contributed by atoms with Crippen LogP contribution in [0.3, 0.4) is 0 Å². The van der Waals surface area contributed by atoms with Crippen molar-refractivity contribution in [1.82, 2.24) is 0 Å². The highest BCUT2D eigenvalue weighted by atomic mass is 14.4. The van der Waals surface area contributed by atoms with Gasteiger partial charge in [-0.3, -0.25) is 0 Å². The van der Waals surface area contributed by atoms with Gasteiger partial charge in [0.2, 0.25) is 0 Å². The molecule has 38 heavy (non-hydrogen) atoms. The lowest BCUT2D eigenvalue weighted by Crippen LogP contribution is -2.32. The summed E-state index contributed by atoms with van der Waals surface area (Å²) in [6.45, 7) is 0. The maximum atomic E-state index is 2.45. The number of benzene rings is 6. The predicted octanol–water partition coefficient (Wildman–Crippen LogP) is 9.33. The van der Waals surface area contributed by atoms with Crippen molar-refractivity contribution in [3.05, 3.63) is 203 Å². The van der Waals surface area contributed by atoms with E-state index < -0.39 is 5.41 Å². The van der Waals surface area contributed by atoms with E-state index in [1.165, 1.54) is 44.5 Å². The van der Waals surface area contributed by atoms with Crippen LogP contribution in [0.2, 0.25) is 0 Å². The minimum atomic E-state index is -0.498. The van der Waals surface area contributed by atoms with Crippen molar-refractivity contribution in [3.63, 3.8) is 0 Å². The van der Waals surface area contributed by atoms with E-state index in [1.54, 1.807) is 0 Å². The second-order valence-electron chi connectivity index (χ2n) is 9.76. The zero-order valence-electron chi connectivity index (χ0n) is 21.4. The fourth-order valence-corrected chi connectivity index (χ4v) is 5.74. The molecule has 0 spiro atoms. The molecule has 0 fully saturated rings. The van der Waals surface area contributed by atoms with Crippen LogP contribution in [0.4, 0.5) is 0 Å². The van der Waals surface area contributed by atoms with E-state index in [-0.39, 0.29) is 0 Å². The zero-order chi connectivity index (χ0) is 25.6.